The minimum Gasteiger partial charge on any atom is -0.452 e. The fourth-order valence-electron chi connectivity index (χ4n) is 3.19. The lowest BCUT2D eigenvalue weighted by Gasteiger charge is -2.34. The molecule has 7 nitrogen and oxygen atoms in total. The molecule has 144 valence electrons. The van der Waals surface area contributed by atoms with Crippen molar-refractivity contribution in [3.8, 4) is 0 Å². The van der Waals surface area contributed by atoms with Gasteiger partial charge in [0.1, 0.15) is 0 Å². The van der Waals surface area contributed by atoms with Crippen LogP contribution in [0.3, 0.4) is 0 Å². The number of hydrogen-bond donors (Lipinski definition) is 2. The first-order valence-electron chi connectivity index (χ1n) is 8.70. The van der Waals surface area contributed by atoms with Gasteiger partial charge >= 0.3 is 5.97 Å². The Morgan fingerprint density at radius 1 is 1.19 bits per heavy atom. The van der Waals surface area contributed by atoms with Gasteiger partial charge in [-0.1, -0.05) is 38.8 Å². The van der Waals surface area contributed by atoms with E-state index in [0.29, 0.717) is 11.8 Å². The summed E-state index contributed by atoms with van der Waals surface area (Å²) < 4.78 is 30.1. The maximum Gasteiger partial charge on any atom is 0.340 e. The summed E-state index contributed by atoms with van der Waals surface area (Å²) in [5, 5.41) is 2.93. The van der Waals surface area contributed by atoms with E-state index in [1.807, 2.05) is 0 Å². The van der Waals surface area contributed by atoms with Crippen LogP contribution in [0.25, 0.3) is 0 Å². The van der Waals surface area contributed by atoms with Gasteiger partial charge in [-0.25, -0.2) is 13.2 Å². The normalized spacial score (nSPS) is 23.1. The summed E-state index contributed by atoms with van der Waals surface area (Å²) in [6.45, 7) is 3.90. The van der Waals surface area contributed by atoms with Crippen molar-refractivity contribution in [2.75, 3.05) is 17.6 Å². The lowest BCUT2D eigenvalue weighted by atomic mass is 9.78. The molecule has 2 N–H and O–H groups in total. The summed E-state index contributed by atoms with van der Waals surface area (Å²) in [6.07, 6.45) is 4.15. The maximum atomic E-state index is 12.2. The molecule has 0 unspecified atom stereocenters. The summed E-state index contributed by atoms with van der Waals surface area (Å²) in [5.41, 5.74) is 0.181. The first kappa shape index (κ1) is 20.2. The molecule has 1 aromatic rings. The Morgan fingerprint density at radius 2 is 1.88 bits per heavy atom. The number of ether oxygens (including phenoxy) is 1. The molecule has 1 aliphatic rings. The molecule has 0 radical (unpaired) electrons. The molecule has 1 saturated carbocycles. The number of nitrogens with one attached hydrogen (secondary N) is 2. The molecule has 2 rings (SSSR count). The van der Waals surface area contributed by atoms with E-state index >= 15 is 0 Å². The molecule has 0 aliphatic heterocycles. The van der Waals surface area contributed by atoms with E-state index in [2.05, 4.69) is 23.9 Å². The SMILES string of the molecule is C[C@H]1[C@@H](NC(=O)COC(=O)c2ccccc2NS(C)(=O)=O)CCC[C@@H]1C. The summed E-state index contributed by atoms with van der Waals surface area (Å²) in [7, 11) is -3.53. The Morgan fingerprint density at radius 3 is 2.58 bits per heavy atom. The summed E-state index contributed by atoms with van der Waals surface area (Å²) in [6, 6.07) is 6.18. The molecule has 0 heterocycles. The Kier molecular flexibility index (Phi) is 6.63. The zero-order chi connectivity index (χ0) is 19.3. The number of benzene rings is 1. The number of rotatable bonds is 6. The van der Waals surface area contributed by atoms with E-state index in [4.69, 9.17) is 4.74 Å². The predicted octanol–water partition coefficient (Wildman–Crippen LogP) is 2.16. The number of sulfonamides is 1. The van der Waals surface area contributed by atoms with Crippen LogP contribution in [-0.4, -0.2) is 39.2 Å². The highest BCUT2D eigenvalue weighted by molar-refractivity contribution is 7.92. The molecule has 1 amide bonds. The van der Waals surface area contributed by atoms with E-state index < -0.39 is 22.6 Å². The van der Waals surface area contributed by atoms with Crippen molar-refractivity contribution < 1.29 is 22.7 Å². The molecule has 1 aromatic carbocycles. The highest BCUT2D eigenvalue weighted by Gasteiger charge is 2.28. The minimum absolute atomic E-state index is 0.0605. The van der Waals surface area contributed by atoms with E-state index in [9.17, 15) is 18.0 Å². The highest BCUT2D eigenvalue weighted by Crippen LogP contribution is 2.29. The van der Waals surface area contributed by atoms with Crippen molar-refractivity contribution in [3.05, 3.63) is 29.8 Å². The van der Waals surface area contributed by atoms with Gasteiger partial charge in [-0.2, -0.15) is 0 Å². The highest BCUT2D eigenvalue weighted by atomic mass is 32.2. The van der Waals surface area contributed by atoms with Crippen LogP contribution >= 0.6 is 0 Å². The Bertz CT molecular complexity index is 763. The third kappa shape index (κ3) is 5.72. The average molecular weight is 382 g/mol. The van der Waals surface area contributed by atoms with Gasteiger partial charge in [-0.15, -0.1) is 0 Å². The molecule has 1 fully saturated rings. The molecule has 0 saturated heterocycles. The second-order valence-corrected chi connectivity index (χ2v) is 8.69. The van der Waals surface area contributed by atoms with Gasteiger partial charge in [-0.05, 0) is 30.4 Å². The number of hydrogen-bond acceptors (Lipinski definition) is 5. The van der Waals surface area contributed by atoms with Crippen molar-refractivity contribution in [2.45, 2.75) is 39.2 Å². The Balaban J connectivity index is 1.93. The zero-order valence-corrected chi connectivity index (χ0v) is 16.1. The molecule has 1 aliphatic carbocycles. The van der Waals surface area contributed by atoms with Crippen molar-refractivity contribution in [3.63, 3.8) is 0 Å². The van der Waals surface area contributed by atoms with Gasteiger partial charge in [0.25, 0.3) is 5.91 Å². The minimum atomic E-state index is -3.53. The van der Waals surface area contributed by atoms with Crippen LogP contribution in [0.2, 0.25) is 0 Å². The van der Waals surface area contributed by atoms with Gasteiger partial charge in [0.2, 0.25) is 10.0 Å². The van der Waals surface area contributed by atoms with Crippen LogP contribution in [0.1, 0.15) is 43.5 Å². The number of amides is 1. The van der Waals surface area contributed by atoms with Gasteiger partial charge in [0, 0.05) is 6.04 Å². The topological polar surface area (TPSA) is 102 Å². The number of carbonyl (C=O) groups excluding carboxylic acids is 2. The van der Waals surface area contributed by atoms with Crippen molar-refractivity contribution in [2.24, 2.45) is 11.8 Å². The van der Waals surface area contributed by atoms with Crippen LogP contribution < -0.4 is 10.0 Å². The van der Waals surface area contributed by atoms with Crippen LogP contribution in [-0.2, 0) is 19.6 Å². The number of anilines is 1. The lowest BCUT2D eigenvalue weighted by Crippen LogP contribution is -2.45. The van der Waals surface area contributed by atoms with E-state index in [-0.39, 0.29) is 23.2 Å². The Hall–Kier alpha value is -2.09. The quantitative estimate of drug-likeness (QED) is 0.734. The summed E-state index contributed by atoms with van der Waals surface area (Å²) in [5.74, 6) is -0.177. The predicted molar refractivity (Wildman–Crippen MR) is 99.3 cm³/mol. The van der Waals surface area contributed by atoms with E-state index in [1.54, 1.807) is 12.1 Å². The molecule has 0 bridgehead atoms. The lowest BCUT2D eigenvalue weighted by molar-refractivity contribution is -0.125. The second-order valence-electron chi connectivity index (χ2n) is 6.94. The Labute approximate surface area is 154 Å². The fourth-order valence-corrected chi connectivity index (χ4v) is 3.77. The van der Waals surface area contributed by atoms with Crippen LogP contribution in [0.4, 0.5) is 5.69 Å². The molecule has 0 spiro atoms. The molecule has 26 heavy (non-hydrogen) atoms. The van der Waals surface area contributed by atoms with E-state index in [1.165, 1.54) is 12.1 Å². The van der Waals surface area contributed by atoms with Gasteiger partial charge in [0.05, 0.1) is 17.5 Å². The van der Waals surface area contributed by atoms with Gasteiger partial charge in [0.15, 0.2) is 6.61 Å². The van der Waals surface area contributed by atoms with Crippen LogP contribution in [0.15, 0.2) is 24.3 Å². The molecule has 8 heteroatoms. The molecule has 3 atom stereocenters. The third-order valence-corrected chi connectivity index (χ3v) is 5.42. The largest absolute Gasteiger partial charge is 0.452 e. The monoisotopic (exact) mass is 382 g/mol. The second kappa shape index (κ2) is 8.53. The fraction of sp³-hybridized carbons (Fsp3) is 0.556. The number of para-hydroxylation sites is 1. The number of esters is 1. The molecule has 0 aromatic heterocycles. The third-order valence-electron chi connectivity index (χ3n) is 4.83. The van der Waals surface area contributed by atoms with Crippen molar-refractivity contribution in [1.82, 2.24) is 5.32 Å². The zero-order valence-electron chi connectivity index (χ0n) is 15.3. The van der Waals surface area contributed by atoms with Crippen LogP contribution in [0, 0.1) is 11.8 Å². The standard InChI is InChI=1S/C18H26N2O5S/c1-12-7-6-10-15(13(12)2)19-17(21)11-25-18(22)14-8-4-5-9-16(14)20-26(3,23)24/h4-5,8-9,12-13,15,20H,6-7,10-11H2,1-3H3,(H,19,21)/t12-,13+,15-/m0/s1. The van der Waals surface area contributed by atoms with Crippen LogP contribution in [0.5, 0.6) is 0 Å². The first-order valence-corrected chi connectivity index (χ1v) is 10.6. The van der Waals surface area contributed by atoms with Crippen molar-refractivity contribution in [1.29, 1.82) is 0 Å². The van der Waals surface area contributed by atoms with Gasteiger partial charge in [-0.3, -0.25) is 9.52 Å². The average Bonchev–Trinajstić information content (AvgIpc) is 2.56. The number of carbonyl (C=O) groups is 2. The first-order chi connectivity index (χ1) is 12.2. The smallest absolute Gasteiger partial charge is 0.340 e. The summed E-state index contributed by atoms with van der Waals surface area (Å²) >= 11 is 0. The van der Waals surface area contributed by atoms with Gasteiger partial charge < -0.3 is 10.1 Å². The maximum absolute atomic E-state index is 12.2. The van der Waals surface area contributed by atoms with E-state index in [0.717, 1.165) is 25.5 Å². The molecular weight excluding hydrogens is 356 g/mol. The molecular formula is C18H26N2O5S. The van der Waals surface area contributed by atoms with Crippen molar-refractivity contribution >= 4 is 27.6 Å². The summed E-state index contributed by atoms with van der Waals surface area (Å²) in [4.78, 5) is 24.3.